The number of aryl methyl sites for hydroxylation is 2. The largest absolute Gasteiger partial charge is 0.462 e. The molecule has 1 aromatic heterocycles. The summed E-state index contributed by atoms with van der Waals surface area (Å²) < 4.78 is 12.9. The van der Waals surface area contributed by atoms with E-state index in [-0.39, 0.29) is 17.9 Å². The molecule has 1 aromatic carbocycles. The van der Waals surface area contributed by atoms with Crippen LogP contribution in [0.1, 0.15) is 58.3 Å². The van der Waals surface area contributed by atoms with Crippen molar-refractivity contribution in [2.24, 2.45) is 5.41 Å². The van der Waals surface area contributed by atoms with Crippen LogP contribution >= 0.6 is 11.6 Å². The summed E-state index contributed by atoms with van der Waals surface area (Å²) in [6.07, 6.45) is 3.95. The smallest absolute Gasteiger partial charge is 0.339 e. The van der Waals surface area contributed by atoms with Gasteiger partial charge < -0.3 is 14.8 Å². The van der Waals surface area contributed by atoms with Gasteiger partial charge in [-0.1, -0.05) is 30.7 Å². The summed E-state index contributed by atoms with van der Waals surface area (Å²) >= 11 is 6.06. The highest BCUT2D eigenvalue weighted by molar-refractivity contribution is 6.33. The molecule has 1 saturated heterocycles. The molecule has 3 heterocycles. The molecule has 1 spiro atoms. The van der Waals surface area contributed by atoms with Crippen LogP contribution in [-0.4, -0.2) is 48.0 Å². The van der Waals surface area contributed by atoms with Crippen LogP contribution in [0.3, 0.4) is 0 Å². The van der Waals surface area contributed by atoms with Gasteiger partial charge in [-0.2, -0.15) is 5.10 Å². The first kappa shape index (κ1) is 21.8. The second-order valence-electron chi connectivity index (χ2n) is 8.29. The van der Waals surface area contributed by atoms with Crippen LogP contribution in [0, 0.1) is 5.41 Å². The Kier molecular flexibility index (Phi) is 6.62. The molecule has 8 heteroatoms. The molecule has 2 aromatic rings. The number of fused-ring (bicyclic) bond motifs is 1. The van der Waals surface area contributed by atoms with Gasteiger partial charge in [-0.25, -0.2) is 4.79 Å². The van der Waals surface area contributed by atoms with E-state index >= 15 is 0 Å². The Morgan fingerprint density at radius 1 is 1.32 bits per heavy atom. The second-order valence-corrected chi connectivity index (χ2v) is 8.69. The average Bonchev–Trinajstić information content (AvgIpc) is 3.06. The second kappa shape index (κ2) is 9.40. The molecule has 7 nitrogen and oxygen atoms in total. The minimum absolute atomic E-state index is 0.0124. The monoisotopic (exact) mass is 445 g/mol. The van der Waals surface area contributed by atoms with E-state index < -0.39 is 5.97 Å². The molecule has 0 atom stereocenters. The molecule has 1 amide bonds. The summed E-state index contributed by atoms with van der Waals surface area (Å²) in [4.78, 5) is 25.1. The topological polar surface area (TPSA) is 82.5 Å². The lowest BCUT2D eigenvalue weighted by Gasteiger charge is -2.36. The van der Waals surface area contributed by atoms with E-state index in [4.69, 9.17) is 26.2 Å². The lowest BCUT2D eigenvalue weighted by atomic mass is 9.76. The van der Waals surface area contributed by atoms with Crippen molar-refractivity contribution in [1.29, 1.82) is 0 Å². The van der Waals surface area contributed by atoms with Crippen molar-refractivity contribution in [2.75, 3.05) is 26.4 Å². The average molecular weight is 446 g/mol. The van der Waals surface area contributed by atoms with Crippen LogP contribution in [0.4, 0.5) is 0 Å². The van der Waals surface area contributed by atoms with Crippen LogP contribution in [0.5, 0.6) is 0 Å². The number of nitrogens with zero attached hydrogens (tertiary/aromatic N) is 2. The molecule has 0 saturated carbocycles. The van der Waals surface area contributed by atoms with Gasteiger partial charge in [-0.05, 0) is 43.2 Å². The van der Waals surface area contributed by atoms with Crippen LogP contribution in [0.25, 0.3) is 0 Å². The summed E-state index contributed by atoms with van der Waals surface area (Å²) in [6, 6.07) is 6.85. The first-order valence-electron chi connectivity index (χ1n) is 10.9. The Hall–Kier alpha value is -2.38. The predicted molar refractivity (Wildman–Crippen MR) is 116 cm³/mol. The molecule has 0 bridgehead atoms. The Morgan fingerprint density at radius 3 is 2.84 bits per heavy atom. The van der Waals surface area contributed by atoms with Crippen molar-refractivity contribution >= 4 is 23.5 Å². The molecule has 0 radical (unpaired) electrons. The third-order valence-electron chi connectivity index (χ3n) is 6.25. The number of ether oxygens (including phenoxy) is 2. The molecule has 2 aliphatic heterocycles. The maximum absolute atomic E-state index is 12.9. The van der Waals surface area contributed by atoms with Gasteiger partial charge in [0.1, 0.15) is 0 Å². The van der Waals surface area contributed by atoms with Crippen LogP contribution in [-0.2, 0) is 28.9 Å². The van der Waals surface area contributed by atoms with Crippen molar-refractivity contribution in [2.45, 2.75) is 45.6 Å². The summed E-state index contributed by atoms with van der Waals surface area (Å²) in [5.41, 5.74) is 2.91. The number of halogens is 1. The number of rotatable bonds is 6. The number of nitrogens with one attached hydrogen (secondary N) is 1. The van der Waals surface area contributed by atoms with E-state index in [9.17, 15) is 9.59 Å². The Balaban J connectivity index is 1.46. The van der Waals surface area contributed by atoms with E-state index in [2.05, 4.69) is 5.32 Å². The fourth-order valence-electron chi connectivity index (χ4n) is 4.44. The summed E-state index contributed by atoms with van der Waals surface area (Å²) in [5.74, 6) is -0.466. The molecule has 0 aliphatic carbocycles. The van der Waals surface area contributed by atoms with E-state index in [0.29, 0.717) is 36.5 Å². The standard InChI is InChI=1S/C23H28ClN3O4/c1-2-18-20-19(14-23(15-25-21(20)28)8-12-30-13-9-23)27(26-18)10-5-11-31-22(29)16-6-3-4-7-17(16)24/h3-4,6-7H,2,5,8-15H2,1H3,(H,25,28). The molecule has 31 heavy (non-hydrogen) atoms. The SMILES string of the molecule is CCc1nn(CCCOC(=O)c2ccccc2Cl)c2c1C(=O)NCC1(CCOCC1)C2. The summed E-state index contributed by atoms with van der Waals surface area (Å²) in [6.45, 7) is 4.96. The van der Waals surface area contributed by atoms with Crippen LogP contribution in [0.2, 0.25) is 5.02 Å². The van der Waals surface area contributed by atoms with E-state index in [1.54, 1.807) is 24.3 Å². The summed E-state index contributed by atoms with van der Waals surface area (Å²) in [5, 5.41) is 8.24. The van der Waals surface area contributed by atoms with Gasteiger partial charge in [0.25, 0.3) is 5.91 Å². The molecule has 166 valence electrons. The molecule has 2 aliphatic rings. The van der Waals surface area contributed by atoms with E-state index in [0.717, 1.165) is 49.4 Å². The number of hydrogen-bond acceptors (Lipinski definition) is 5. The van der Waals surface area contributed by atoms with Gasteiger partial charge in [0.15, 0.2) is 0 Å². The minimum atomic E-state index is -0.431. The molecule has 1 N–H and O–H groups in total. The zero-order valence-corrected chi connectivity index (χ0v) is 18.5. The van der Waals surface area contributed by atoms with Gasteiger partial charge in [0.2, 0.25) is 0 Å². The first-order chi connectivity index (χ1) is 15.0. The van der Waals surface area contributed by atoms with Crippen molar-refractivity contribution in [3.8, 4) is 0 Å². The number of carbonyl (C=O) groups excluding carboxylic acids is 2. The van der Waals surface area contributed by atoms with E-state index in [1.165, 1.54) is 0 Å². The molecule has 4 rings (SSSR count). The molecular formula is C23H28ClN3O4. The first-order valence-corrected chi connectivity index (χ1v) is 11.3. The Bertz CT molecular complexity index is 966. The lowest BCUT2D eigenvalue weighted by Crippen LogP contribution is -2.40. The fraction of sp³-hybridized carbons (Fsp3) is 0.522. The quantitative estimate of drug-likeness (QED) is 0.544. The van der Waals surface area contributed by atoms with Gasteiger partial charge in [-0.3, -0.25) is 9.48 Å². The molecular weight excluding hydrogens is 418 g/mol. The minimum Gasteiger partial charge on any atom is -0.462 e. The third kappa shape index (κ3) is 4.62. The fourth-order valence-corrected chi connectivity index (χ4v) is 4.65. The zero-order valence-electron chi connectivity index (χ0n) is 17.8. The maximum atomic E-state index is 12.9. The lowest BCUT2D eigenvalue weighted by molar-refractivity contribution is 0.0152. The number of aromatic nitrogens is 2. The van der Waals surface area contributed by atoms with Crippen molar-refractivity contribution < 1.29 is 19.1 Å². The van der Waals surface area contributed by atoms with Crippen molar-refractivity contribution in [3.63, 3.8) is 0 Å². The number of esters is 1. The van der Waals surface area contributed by atoms with Gasteiger partial charge >= 0.3 is 5.97 Å². The third-order valence-corrected chi connectivity index (χ3v) is 6.58. The highest BCUT2D eigenvalue weighted by Gasteiger charge is 2.39. The Labute approximate surface area is 187 Å². The highest BCUT2D eigenvalue weighted by atomic mass is 35.5. The number of amides is 1. The maximum Gasteiger partial charge on any atom is 0.339 e. The highest BCUT2D eigenvalue weighted by Crippen LogP contribution is 2.37. The van der Waals surface area contributed by atoms with Crippen molar-refractivity contribution in [1.82, 2.24) is 15.1 Å². The Morgan fingerprint density at radius 2 is 2.10 bits per heavy atom. The van der Waals surface area contributed by atoms with Crippen molar-refractivity contribution in [3.05, 3.63) is 51.8 Å². The number of carbonyl (C=O) groups is 2. The number of hydrogen-bond donors (Lipinski definition) is 1. The predicted octanol–water partition coefficient (Wildman–Crippen LogP) is 3.43. The molecule has 1 fully saturated rings. The van der Waals surface area contributed by atoms with Crippen LogP contribution < -0.4 is 5.32 Å². The normalized spacial score (nSPS) is 17.7. The van der Waals surface area contributed by atoms with Gasteiger partial charge in [0.05, 0.1) is 34.1 Å². The molecule has 0 unspecified atom stereocenters. The summed E-state index contributed by atoms with van der Waals surface area (Å²) in [7, 11) is 0. The van der Waals surface area contributed by atoms with Crippen LogP contribution in [0.15, 0.2) is 24.3 Å². The van der Waals surface area contributed by atoms with E-state index in [1.807, 2.05) is 11.6 Å². The van der Waals surface area contributed by atoms with Gasteiger partial charge in [-0.15, -0.1) is 0 Å². The van der Waals surface area contributed by atoms with Gasteiger partial charge in [0, 0.05) is 32.7 Å². The number of benzene rings is 1. The zero-order chi connectivity index (χ0) is 21.8.